The summed E-state index contributed by atoms with van der Waals surface area (Å²) in [6.45, 7) is 12.1. The number of nitrogens with zero attached hydrogens (tertiary/aromatic N) is 1. The summed E-state index contributed by atoms with van der Waals surface area (Å²) in [6, 6.07) is 0.0265. The molecule has 4 nitrogen and oxygen atoms in total. The van der Waals surface area contributed by atoms with Gasteiger partial charge in [0.2, 0.25) is 5.91 Å². The summed E-state index contributed by atoms with van der Waals surface area (Å²) >= 11 is 0. The third-order valence-corrected chi connectivity index (χ3v) is 6.86. The van der Waals surface area contributed by atoms with Crippen LogP contribution < -0.4 is 0 Å². The zero-order chi connectivity index (χ0) is 19.6. The Balaban J connectivity index is 1.70. The van der Waals surface area contributed by atoms with Gasteiger partial charge in [-0.05, 0) is 46.1 Å². The van der Waals surface area contributed by atoms with E-state index in [2.05, 4.69) is 71.1 Å². The molecular formula is C22H30BNO3. The van der Waals surface area contributed by atoms with Gasteiger partial charge in [0.15, 0.2) is 0 Å². The van der Waals surface area contributed by atoms with Crippen molar-refractivity contribution in [1.29, 1.82) is 0 Å². The summed E-state index contributed by atoms with van der Waals surface area (Å²) in [6.07, 6.45) is 15.4. The van der Waals surface area contributed by atoms with Crippen LogP contribution in [-0.4, -0.2) is 35.2 Å². The zero-order valence-corrected chi connectivity index (χ0v) is 17.3. The molecule has 27 heavy (non-hydrogen) atoms. The van der Waals surface area contributed by atoms with E-state index in [1.165, 1.54) is 5.57 Å². The summed E-state index contributed by atoms with van der Waals surface area (Å²) in [7, 11) is -0.352. The first kappa shape index (κ1) is 18.8. The van der Waals surface area contributed by atoms with Crippen LogP contribution in [0.25, 0.3) is 0 Å². The average Bonchev–Trinajstić information content (AvgIpc) is 2.94. The molecule has 0 radical (unpaired) electrons. The molecule has 0 bridgehead atoms. The Bertz CT molecular complexity index is 775. The van der Waals surface area contributed by atoms with E-state index >= 15 is 0 Å². The monoisotopic (exact) mass is 367 g/mol. The fourth-order valence-corrected chi connectivity index (χ4v) is 4.46. The minimum Gasteiger partial charge on any atom is -0.402 e. The molecule has 144 valence electrons. The first-order valence-corrected chi connectivity index (χ1v) is 10.0. The molecule has 2 heterocycles. The number of carbonyl (C=O) groups excluding carboxylic acids is 1. The Hall–Kier alpha value is -1.59. The molecule has 1 amide bonds. The van der Waals surface area contributed by atoms with Gasteiger partial charge in [0.1, 0.15) is 0 Å². The maximum atomic E-state index is 12.4. The van der Waals surface area contributed by atoms with E-state index in [1.54, 1.807) is 6.92 Å². The third kappa shape index (κ3) is 2.78. The molecule has 0 spiro atoms. The lowest BCUT2D eigenvalue weighted by Gasteiger charge is -2.32. The lowest BCUT2D eigenvalue weighted by molar-refractivity contribution is -0.127. The van der Waals surface area contributed by atoms with Crippen molar-refractivity contribution in [3.63, 3.8) is 0 Å². The van der Waals surface area contributed by atoms with Gasteiger partial charge in [-0.3, -0.25) is 4.79 Å². The van der Waals surface area contributed by atoms with E-state index in [-0.39, 0.29) is 41.5 Å². The van der Waals surface area contributed by atoms with Gasteiger partial charge < -0.3 is 14.2 Å². The van der Waals surface area contributed by atoms with E-state index < -0.39 is 0 Å². The summed E-state index contributed by atoms with van der Waals surface area (Å²) in [4.78, 5) is 14.4. The van der Waals surface area contributed by atoms with E-state index in [9.17, 15) is 4.79 Å². The van der Waals surface area contributed by atoms with Crippen molar-refractivity contribution in [1.82, 2.24) is 4.90 Å². The molecule has 0 saturated carbocycles. The van der Waals surface area contributed by atoms with Gasteiger partial charge in [-0.15, -0.1) is 0 Å². The first-order chi connectivity index (χ1) is 12.6. The highest BCUT2D eigenvalue weighted by molar-refractivity contribution is 6.51. The molecule has 5 heteroatoms. The standard InChI is InChI=1S/C22H30BNO3/c1-15(25)24-18-10-8-7-9-16(18)17-11-13-22(6,14-12-19(17)24)23-26-20(2,3)21(4,5)27-23/h9-14,17,19H,7-8H2,1-6H3. The topological polar surface area (TPSA) is 38.8 Å². The van der Waals surface area contributed by atoms with Crippen molar-refractivity contribution >= 4 is 13.0 Å². The SMILES string of the molecule is CC(=O)N1C2=CCCC=C2C2C=CC(C)(B3OC(C)(C)C(C)(C)O3)C=CC21. The number of likely N-dealkylation sites (tertiary alicyclic amines) is 1. The highest BCUT2D eigenvalue weighted by Gasteiger charge is 2.57. The van der Waals surface area contributed by atoms with Gasteiger partial charge in [0.05, 0.1) is 17.2 Å². The number of amides is 1. The van der Waals surface area contributed by atoms with Gasteiger partial charge >= 0.3 is 7.12 Å². The minimum atomic E-state index is -0.378. The largest absolute Gasteiger partial charge is 0.472 e. The molecule has 0 aromatic rings. The van der Waals surface area contributed by atoms with E-state index in [1.807, 2.05) is 4.90 Å². The van der Waals surface area contributed by atoms with Crippen LogP contribution in [-0.2, 0) is 14.1 Å². The highest BCUT2D eigenvalue weighted by atomic mass is 16.7. The lowest BCUT2D eigenvalue weighted by atomic mass is 9.58. The molecule has 0 aromatic carbocycles. The van der Waals surface area contributed by atoms with Crippen molar-refractivity contribution < 1.29 is 14.1 Å². The second-order valence-corrected chi connectivity index (χ2v) is 9.40. The second kappa shape index (κ2) is 5.95. The molecule has 2 saturated heterocycles. The predicted molar refractivity (Wildman–Crippen MR) is 108 cm³/mol. The summed E-state index contributed by atoms with van der Waals surface area (Å²) in [5.41, 5.74) is 1.65. The number of hydrogen-bond acceptors (Lipinski definition) is 3. The number of carbonyl (C=O) groups is 1. The van der Waals surface area contributed by atoms with Crippen LogP contribution in [0.15, 0.2) is 47.7 Å². The third-order valence-electron chi connectivity index (χ3n) is 6.86. The van der Waals surface area contributed by atoms with Crippen molar-refractivity contribution in [3.05, 3.63) is 47.7 Å². The van der Waals surface area contributed by atoms with E-state index in [0.29, 0.717) is 0 Å². The molecular weight excluding hydrogens is 337 g/mol. The molecule has 2 aliphatic carbocycles. The predicted octanol–water partition coefficient (Wildman–Crippen LogP) is 4.42. The van der Waals surface area contributed by atoms with Gasteiger partial charge in [0.25, 0.3) is 0 Å². The Kier molecular flexibility index (Phi) is 4.14. The molecule has 3 atom stereocenters. The van der Waals surface area contributed by atoms with Crippen LogP contribution >= 0.6 is 0 Å². The Morgan fingerprint density at radius 2 is 1.63 bits per heavy atom. The van der Waals surface area contributed by atoms with Crippen LogP contribution in [0.3, 0.4) is 0 Å². The first-order valence-electron chi connectivity index (χ1n) is 10.0. The molecule has 4 aliphatic rings. The van der Waals surface area contributed by atoms with Gasteiger partial charge in [-0.25, -0.2) is 0 Å². The summed E-state index contributed by atoms with van der Waals surface area (Å²) < 4.78 is 12.7. The van der Waals surface area contributed by atoms with Crippen LogP contribution in [0.1, 0.15) is 54.4 Å². The quantitative estimate of drug-likeness (QED) is 0.509. The van der Waals surface area contributed by atoms with Crippen molar-refractivity contribution in [2.45, 2.75) is 76.9 Å². The number of hydrogen-bond donors (Lipinski definition) is 0. The van der Waals surface area contributed by atoms with Gasteiger partial charge in [-0.1, -0.05) is 43.4 Å². The maximum Gasteiger partial charge on any atom is 0.472 e. The van der Waals surface area contributed by atoms with Gasteiger partial charge in [0, 0.05) is 23.9 Å². The van der Waals surface area contributed by atoms with Crippen LogP contribution in [0, 0.1) is 5.92 Å². The van der Waals surface area contributed by atoms with Crippen LogP contribution in [0.5, 0.6) is 0 Å². The van der Waals surface area contributed by atoms with Crippen LogP contribution in [0.4, 0.5) is 0 Å². The Labute approximate surface area is 163 Å². The van der Waals surface area contributed by atoms with Crippen molar-refractivity contribution in [2.75, 3.05) is 0 Å². The fourth-order valence-electron chi connectivity index (χ4n) is 4.46. The number of rotatable bonds is 1. The Morgan fingerprint density at radius 3 is 2.26 bits per heavy atom. The lowest BCUT2D eigenvalue weighted by Crippen LogP contribution is -2.41. The summed E-state index contributed by atoms with van der Waals surface area (Å²) in [5.74, 6) is 0.291. The van der Waals surface area contributed by atoms with Crippen LogP contribution in [0.2, 0.25) is 5.31 Å². The fraction of sp³-hybridized carbons (Fsp3) is 0.591. The molecule has 0 N–H and O–H groups in total. The minimum absolute atomic E-state index is 0.0265. The molecule has 2 fully saturated rings. The average molecular weight is 367 g/mol. The molecule has 4 rings (SSSR count). The smallest absolute Gasteiger partial charge is 0.402 e. The van der Waals surface area contributed by atoms with E-state index in [4.69, 9.17) is 9.31 Å². The van der Waals surface area contributed by atoms with Crippen molar-refractivity contribution in [2.24, 2.45) is 5.92 Å². The second-order valence-electron chi connectivity index (χ2n) is 9.40. The molecule has 3 unspecified atom stereocenters. The number of allylic oxidation sites excluding steroid dienone is 5. The zero-order valence-electron chi connectivity index (χ0n) is 17.3. The number of fused-ring (bicyclic) bond motifs is 3. The van der Waals surface area contributed by atoms with Crippen molar-refractivity contribution in [3.8, 4) is 0 Å². The van der Waals surface area contributed by atoms with E-state index in [0.717, 1.165) is 18.5 Å². The maximum absolute atomic E-state index is 12.4. The molecule has 2 aliphatic heterocycles. The Morgan fingerprint density at radius 1 is 1.04 bits per heavy atom. The normalized spacial score (nSPS) is 36.1. The molecule has 0 aromatic heterocycles. The highest BCUT2D eigenvalue weighted by Crippen LogP contribution is 2.50. The summed E-state index contributed by atoms with van der Waals surface area (Å²) in [5, 5.41) is -0.378. The van der Waals surface area contributed by atoms with Gasteiger partial charge in [-0.2, -0.15) is 0 Å².